The lowest BCUT2D eigenvalue weighted by molar-refractivity contribution is -0.385. The smallest absolute Gasteiger partial charge is 0.313 e. The molecule has 0 amide bonds. The lowest BCUT2D eigenvalue weighted by atomic mass is 10.1. The van der Waals surface area contributed by atoms with Gasteiger partial charge < -0.3 is 4.74 Å². The fourth-order valence-corrected chi connectivity index (χ4v) is 4.33. The van der Waals surface area contributed by atoms with Crippen molar-refractivity contribution in [3.63, 3.8) is 0 Å². The maximum atomic E-state index is 13.3. The number of fused-ring (bicyclic) bond motifs is 1. The van der Waals surface area contributed by atoms with Gasteiger partial charge in [0.1, 0.15) is 12.4 Å². The Morgan fingerprint density at radius 3 is 2.62 bits per heavy atom. The molecule has 1 heterocycles. The van der Waals surface area contributed by atoms with Gasteiger partial charge >= 0.3 is 5.69 Å². The molecule has 37 heavy (non-hydrogen) atoms. The molecule has 4 aromatic rings. The maximum absolute atomic E-state index is 13.3. The molecule has 0 saturated heterocycles. The summed E-state index contributed by atoms with van der Waals surface area (Å²) in [5.74, 6) is 0.421. The van der Waals surface area contributed by atoms with Gasteiger partial charge in [0.05, 0.1) is 27.1 Å². The van der Waals surface area contributed by atoms with Crippen molar-refractivity contribution in [2.45, 2.75) is 39.7 Å². The Kier molecular flexibility index (Phi) is 8.04. The third kappa shape index (κ3) is 5.89. The van der Waals surface area contributed by atoms with Crippen LogP contribution in [0, 0.1) is 17.0 Å². The lowest BCUT2D eigenvalue weighted by Crippen LogP contribution is -2.23. The summed E-state index contributed by atoms with van der Waals surface area (Å²) in [4.78, 5) is 29.3. The van der Waals surface area contributed by atoms with E-state index in [4.69, 9.17) is 16.3 Å². The summed E-state index contributed by atoms with van der Waals surface area (Å²) >= 11 is 9.80. The summed E-state index contributed by atoms with van der Waals surface area (Å²) in [7, 11) is 0. The van der Waals surface area contributed by atoms with E-state index in [0.717, 1.165) is 22.0 Å². The van der Waals surface area contributed by atoms with Gasteiger partial charge in [0.2, 0.25) is 5.75 Å². The Bertz CT molecular complexity index is 1570. The molecule has 0 spiro atoms. The number of benzene rings is 3. The van der Waals surface area contributed by atoms with E-state index in [2.05, 4.69) is 26.0 Å². The average molecular weight is 584 g/mol. The topological polar surface area (TPSA) is 99.6 Å². The molecular weight excluding hydrogens is 560 g/mol. The molecule has 0 bridgehead atoms. The number of nitro benzene ring substituents is 1. The van der Waals surface area contributed by atoms with Crippen LogP contribution >= 0.6 is 27.5 Å². The van der Waals surface area contributed by atoms with Crippen LogP contribution in [0.3, 0.4) is 0 Å². The molecule has 0 aliphatic rings. The molecule has 0 saturated carbocycles. The van der Waals surface area contributed by atoms with Crippen LogP contribution in [0.15, 0.2) is 69.0 Å². The van der Waals surface area contributed by atoms with Crippen LogP contribution in [0.5, 0.6) is 5.75 Å². The van der Waals surface area contributed by atoms with Crippen LogP contribution in [0.25, 0.3) is 10.9 Å². The molecule has 0 N–H and O–H groups in total. The highest BCUT2D eigenvalue weighted by Gasteiger charge is 2.21. The van der Waals surface area contributed by atoms with Gasteiger partial charge in [-0.1, -0.05) is 71.2 Å². The van der Waals surface area contributed by atoms with Crippen LogP contribution in [0.4, 0.5) is 5.69 Å². The third-order valence-electron chi connectivity index (χ3n) is 5.96. The van der Waals surface area contributed by atoms with Crippen molar-refractivity contribution in [3.8, 4) is 5.75 Å². The van der Waals surface area contributed by atoms with Crippen LogP contribution < -0.4 is 10.3 Å². The fourth-order valence-electron chi connectivity index (χ4n) is 3.70. The Morgan fingerprint density at radius 2 is 1.95 bits per heavy atom. The van der Waals surface area contributed by atoms with Crippen LogP contribution in [0.2, 0.25) is 5.02 Å². The summed E-state index contributed by atoms with van der Waals surface area (Å²) in [6.07, 6.45) is 2.11. The first-order valence-corrected chi connectivity index (χ1v) is 12.8. The molecule has 10 heteroatoms. The minimum absolute atomic E-state index is 0.0286. The molecular formula is C27H24BrClN4O4. The minimum Gasteiger partial charge on any atom is -0.481 e. The Morgan fingerprint density at radius 1 is 1.22 bits per heavy atom. The minimum atomic E-state index is -0.556. The largest absolute Gasteiger partial charge is 0.481 e. The predicted molar refractivity (Wildman–Crippen MR) is 149 cm³/mol. The van der Waals surface area contributed by atoms with Crippen molar-refractivity contribution in [3.05, 3.63) is 107 Å². The van der Waals surface area contributed by atoms with E-state index in [-0.39, 0.29) is 34.5 Å². The zero-order valence-electron chi connectivity index (χ0n) is 20.4. The number of nitro groups is 1. The lowest BCUT2D eigenvalue weighted by Gasteiger charge is -2.14. The third-order valence-corrected chi connectivity index (χ3v) is 6.73. The van der Waals surface area contributed by atoms with Gasteiger partial charge in [-0.15, -0.1) is 0 Å². The SMILES string of the molecule is CC[C@@H](C)c1nc2ccc(Br)cc2c(=O)n1N=Cc1cc(Cl)c(OCc2ccc(C)cc2)c([N+](=O)[O-])c1. The molecule has 0 unspecified atom stereocenters. The molecule has 1 aromatic heterocycles. The van der Waals surface area contributed by atoms with Gasteiger partial charge in [0.25, 0.3) is 5.56 Å². The van der Waals surface area contributed by atoms with Crippen molar-refractivity contribution >= 4 is 50.3 Å². The van der Waals surface area contributed by atoms with E-state index < -0.39 is 4.92 Å². The number of rotatable bonds is 8. The molecule has 8 nitrogen and oxygen atoms in total. The highest BCUT2D eigenvalue weighted by molar-refractivity contribution is 9.10. The summed E-state index contributed by atoms with van der Waals surface area (Å²) in [6.45, 7) is 6.05. The zero-order chi connectivity index (χ0) is 26.7. The molecule has 0 fully saturated rings. The molecule has 3 aromatic carbocycles. The van der Waals surface area contributed by atoms with Gasteiger partial charge in [0, 0.05) is 22.0 Å². The summed E-state index contributed by atoms with van der Waals surface area (Å²) in [5.41, 5.74) is 2.24. The normalized spacial score (nSPS) is 12.2. The number of aryl methyl sites for hydroxylation is 1. The summed E-state index contributed by atoms with van der Waals surface area (Å²) < 4.78 is 7.71. The first-order chi connectivity index (χ1) is 17.7. The second-order valence-corrected chi connectivity index (χ2v) is 10.0. The molecule has 0 aliphatic carbocycles. The monoisotopic (exact) mass is 582 g/mol. The summed E-state index contributed by atoms with van der Waals surface area (Å²) in [5, 5.41) is 16.7. The molecule has 190 valence electrons. The summed E-state index contributed by atoms with van der Waals surface area (Å²) in [6, 6.07) is 15.8. The second-order valence-electron chi connectivity index (χ2n) is 8.68. The van der Waals surface area contributed by atoms with Crippen molar-refractivity contribution in [1.29, 1.82) is 0 Å². The number of hydrogen-bond acceptors (Lipinski definition) is 6. The number of ether oxygens (including phenoxy) is 1. The number of halogens is 2. The Labute approximate surface area is 226 Å². The molecule has 0 aliphatic heterocycles. The van der Waals surface area contributed by atoms with Crippen molar-refractivity contribution < 1.29 is 9.66 Å². The number of hydrogen-bond donors (Lipinski definition) is 0. The average Bonchev–Trinajstić information content (AvgIpc) is 2.87. The van der Waals surface area contributed by atoms with Crippen molar-refractivity contribution in [2.24, 2.45) is 5.10 Å². The molecule has 0 radical (unpaired) electrons. The van der Waals surface area contributed by atoms with E-state index in [1.165, 1.54) is 23.0 Å². The maximum Gasteiger partial charge on any atom is 0.313 e. The fraction of sp³-hybridized carbons (Fsp3) is 0.222. The standard InChI is InChI=1S/C27H24BrClN4O4/c1-4-17(3)26-31-23-10-9-20(28)13-21(23)27(34)32(26)30-14-19-11-22(29)25(24(12-19)33(35)36)37-15-18-7-5-16(2)6-8-18/h5-14,17H,4,15H2,1-3H3/t17-/m1/s1. The van der Waals surface area contributed by atoms with Crippen LogP contribution in [-0.2, 0) is 6.61 Å². The quantitative estimate of drug-likeness (QED) is 0.126. The van der Waals surface area contributed by atoms with Crippen LogP contribution in [0.1, 0.15) is 48.7 Å². The number of nitrogens with zero attached hydrogens (tertiary/aromatic N) is 4. The Balaban J connectivity index is 1.73. The highest BCUT2D eigenvalue weighted by Crippen LogP contribution is 2.36. The highest BCUT2D eigenvalue weighted by atomic mass is 79.9. The number of aromatic nitrogens is 2. The molecule has 1 atom stereocenters. The Hall–Kier alpha value is -3.56. The van der Waals surface area contributed by atoms with E-state index in [1.807, 2.05) is 51.1 Å². The van der Waals surface area contributed by atoms with E-state index in [0.29, 0.717) is 22.3 Å². The van der Waals surface area contributed by atoms with Crippen LogP contribution in [-0.4, -0.2) is 20.8 Å². The first kappa shape index (κ1) is 26.5. The second kappa shape index (κ2) is 11.2. The van der Waals surface area contributed by atoms with Crippen molar-refractivity contribution in [2.75, 3.05) is 0 Å². The van der Waals surface area contributed by atoms with Gasteiger partial charge in [-0.25, -0.2) is 4.98 Å². The van der Waals surface area contributed by atoms with E-state index in [1.54, 1.807) is 12.1 Å². The van der Waals surface area contributed by atoms with Gasteiger partial charge in [0.15, 0.2) is 0 Å². The van der Waals surface area contributed by atoms with Gasteiger partial charge in [-0.3, -0.25) is 14.9 Å². The van der Waals surface area contributed by atoms with E-state index >= 15 is 0 Å². The molecule has 4 rings (SSSR count). The predicted octanol–water partition coefficient (Wildman–Crippen LogP) is 7.00. The van der Waals surface area contributed by atoms with Crippen molar-refractivity contribution in [1.82, 2.24) is 9.66 Å². The van der Waals surface area contributed by atoms with Gasteiger partial charge in [-0.2, -0.15) is 9.78 Å². The van der Waals surface area contributed by atoms with Gasteiger partial charge in [-0.05, 0) is 43.2 Å². The first-order valence-electron chi connectivity index (χ1n) is 11.6. The zero-order valence-corrected chi connectivity index (χ0v) is 22.8. The van der Waals surface area contributed by atoms with E-state index in [9.17, 15) is 14.9 Å².